The summed E-state index contributed by atoms with van der Waals surface area (Å²) >= 11 is 1.20. The van der Waals surface area contributed by atoms with Crippen molar-refractivity contribution in [3.05, 3.63) is 23.3 Å². The molecule has 0 radical (unpaired) electrons. The SMILES string of the molecule is CCC(C)Sc1cc(C(=O)O)c(N)c(C(F)(F)F)c1. The fourth-order valence-corrected chi connectivity index (χ4v) is 2.42. The van der Waals surface area contributed by atoms with E-state index in [0.717, 1.165) is 12.5 Å². The summed E-state index contributed by atoms with van der Waals surface area (Å²) < 4.78 is 38.4. The maximum Gasteiger partial charge on any atom is 0.418 e. The molecular weight excluding hydrogens is 279 g/mol. The molecule has 0 saturated carbocycles. The minimum Gasteiger partial charge on any atom is -0.478 e. The standard InChI is InChI=1S/C12H14F3NO2S/c1-3-6(2)19-7-4-8(11(17)18)10(16)9(5-7)12(13,14)15/h4-6H,3,16H2,1-2H3,(H,17,18). The minimum atomic E-state index is -4.67. The molecule has 1 aromatic carbocycles. The Morgan fingerprint density at radius 1 is 1.47 bits per heavy atom. The Morgan fingerprint density at radius 2 is 2.05 bits per heavy atom. The minimum absolute atomic E-state index is 0.0892. The molecule has 0 spiro atoms. The molecule has 0 aliphatic rings. The van der Waals surface area contributed by atoms with Gasteiger partial charge in [0.05, 0.1) is 16.8 Å². The molecule has 106 valence electrons. The fraction of sp³-hybridized carbons (Fsp3) is 0.417. The van der Waals surface area contributed by atoms with Gasteiger partial charge in [-0.2, -0.15) is 13.2 Å². The molecule has 0 bridgehead atoms. The van der Waals surface area contributed by atoms with Gasteiger partial charge in [-0.15, -0.1) is 11.8 Å². The van der Waals surface area contributed by atoms with Gasteiger partial charge in [-0.1, -0.05) is 13.8 Å². The van der Waals surface area contributed by atoms with Crippen molar-refractivity contribution >= 4 is 23.4 Å². The predicted octanol–water partition coefficient (Wildman–Crippen LogP) is 3.88. The van der Waals surface area contributed by atoms with E-state index < -0.39 is 29.0 Å². The predicted molar refractivity (Wildman–Crippen MR) is 68.4 cm³/mol. The molecular formula is C12H14F3NO2S. The molecule has 1 rings (SSSR count). The van der Waals surface area contributed by atoms with Gasteiger partial charge in [-0.3, -0.25) is 0 Å². The molecule has 0 heterocycles. The van der Waals surface area contributed by atoms with E-state index in [9.17, 15) is 18.0 Å². The van der Waals surface area contributed by atoms with E-state index in [1.54, 1.807) is 0 Å². The lowest BCUT2D eigenvalue weighted by molar-refractivity contribution is -0.137. The molecule has 0 fully saturated rings. The van der Waals surface area contributed by atoms with Gasteiger partial charge in [-0.25, -0.2) is 4.79 Å². The number of carboxylic acids is 1. The van der Waals surface area contributed by atoms with Gasteiger partial charge in [0.15, 0.2) is 0 Å². The number of anilines is 1. The van der Waals surface area contributed by atoms with Crippen molar-refractivity contribution in [3.8, 4) is 0 Å². The monoisotopic (exact) mass is 293 g/mol. The van der Waals surface area contributed by atoms with Crippen LogP contribution in [0.15, 0.2) is 17.0 Å². The van der Waals surface area contributed by atoms with E-state index in [0.29, 0.717) is 0 Å². The number of nitrogen functional groups attached to an aromatic ring is 1. The summed E-state index contributed by atoms with van der Waals surface area (Å²) in [6, 6.07) is 2.09. The Balaban J connectivity index is 3.36. The third kappa shape index (κ3) is 3.79. The Bertz CT molecular complexity index is 489. The zero-order valence-electron chi connectivity index (χ0n) is 10.4. The van der Waals surface area contributed by atoms with Crippen molar-refractivity contribution in [2.45, 2.75) is 36.6 Å². The molecule has 7 heteroatoms. The summed E-state index contributed by atoms with van der Waals surface area (Å²) in [5.41, 5.74) is 2.94. The van der Waals surface area contributed by atoms with Crippen LogP contribution in [0.5, 0.6) is 0 Å². The number of thioether (sulfide) groups is 1. The number of aromatic carboxylic acids is 1. The maximum absolute atomic E-state index is 12.8. The lowest BCUT2D eigenvalue weighted by Gasteiger charge is -2.15. The van der Waals surface area contributed by atoms with E-state index in [4.69, 9.17) is 10.8 Å². The molecule has 3 N–H and O–H groups in total. The first kappa shape index (κ1) is 15.7. The Hall–Kier alpha value is -1.37. The number of carbonyl (C=O) groups is 1. The van der Waals surface area contributed by atoms with Crippen LogP contribution in [0.2, 0.25) is 0 Å². The topological polar surface area (TPSA) is 63.3 Å². The van der Waals surface area contributed by atoms with Crippen LogP contribution in [0.25, 0.3) is 0 Å². The number of hydrogen-bond acceptors (Lipinski definition) is 3. The number of alkyl halides is 3. The average molecular weight is 293 g/mol. The van der Waals surface area contributed by atoms with Crippen LogP contribution < -0.4 is 5.73 Å². The van der Waals surface area contributed by atoms with Crippen LogP contribution in [-0.4, -0.2) is 16.3 Å². The van der Waals surface area contributed by atoms with Gasteiger partial charge in [0.1, 0.15) is 0 Å². The van der Waals surface area contributed by atoms with Gasteiger partial charge in [0.2, 0.25) is 0 Å². The van der Waals surface area contributed by atoms with Crippen LogP contribution in [-0.2, 0) is 6.18 Å². The molecule has 0 aliphatic carbocycles. The summed E-state index contributed by atoms with van der Waals surface area (Å²) in [4.78, 5) is 11.2. The van der Waals surface area contributed by atoms with Crippen molar-refractivity contribution in [1.82, 2.24) is 0 Å². The lowest BCUT2D eigenvalue weighted by Crippen LogP contribution is -2.13. The molecule has 1 aromatic rings. The highest BCUT2D eigenvalue weighted by atomic mass is 32.2. The van der Waals surface area contributed by atoms with Crippen molar-refractivity contribution in [1.29, 1.82) is 0 Å². The number of rotatable bonds is 4. The van der Waals surface area contributed by atoms with Crippen molar-refractivity contribution in [3.63, 3.8) is 0 Å². The smallest absolute Gasteiger partial charge is 0.418 e. The maximum atomic E-state index is 12.8. The van der Waals surface area contributed by atoms with E-state index in [2.05, 4.69) is 0 Å². The Kier molecular flexibility index (Phi) is 4.73. The summed E-state index contributed by atoms with van der Waals surface area (Å²) in [6.45, 7) is 3.76. The third-order valence-corrected chi connectivity index (χ3v) is 3.85. The van der Waals surface area contributed by atoms with Gasteiger partial charge in [0, 0.05) is 10.1 Å². The van der Waals surface area contributed by atoms with Gasteiger partial charge in [-0.05, 0) is 18.6 Å². The molecule has 0 amide bonds. The number of halogens is 3. The number of hydrogen-bond donors (Lipinski definition) is 2. The quantitative estimate of drug-likeness (QED) is 0.653. The molecule has 0 aliphatic heterocycles. The highest BCUT2D eigenvalue weighted by Gasteiger charge is 2.35. The summed E-state index contributed by atoms with van der Waals surface area (Å²) in [6.07, 6.45) is -3.90. The number of benzene rings is 1. The first-order valence-corrected chi connectivity index (χ1v) is 6.45. The first-order chi connectivity index (χ1) is 8.66. The van der Waals surface area contributed by atoms with E-state index >= 15 is 0 Å². The largest absolute Gasteiger partial charge is 0.478 e. The second-order valence-electron chi connectivity index (χ2n) is 4.07. The van der Waals surface area contributed by atoms with Crippen molar-refractivity contribution < 1.29 is 23.1 Å². The Morgan fingerprint density at radius 3 is 2.47 bits per heavy atom. The van der Waals surface area contributed by atoms with E-state index in [-0.39, 0.29) is 10.1 Å². The van der Waals surface area contributed by atoms with E-state index in [1.807, 2.05) is 13.8 Å². The van der Waals surface area contributed by atoms with Crippen LogP contribution in [0.3, 0.4) is 0 Å². The lowest BCUT2D eigenvalue weighted by atomic mass is 10.1. The summed E-state index contributed by atoms with van der Waals surface area (Å²) in [5.74, 6) is -1.46. The van der Waals surface area contributed by atoms with Crippen LogP contribution >= 0.6 is 11.8 Å². The van der Waals surface area contributed by atoms with Crippen LogP contribution in [0.4, 0.5) is 18.9 Å². The van der Waals surface area contributed by atoms with E-state index in [1.165, 1.54) is 17.8 Å². The highest BCUT2D eigenvalue weighted by molar-refractivity contribution is 7.99. The molecule has 0 saturated heterocycles. The van der Waals surface area contributed by atoms with Gasteiger partial charge in [0.25, 0.3) is 0 Å². The Labute approximate surface area is 113 Å². The average Bonchev–Trinajstić information content (AvgIpc) is 2.29. The highest BCUT2D eigenvalue weighted by Crippen LogP contribution is 2.39. The van der Waals surface area contributed by atoms with Crippen molar-refractivity contribution in [2.24, 2.45) is 0 Å². The number of nitrogens with two attached hydrogens (primary N) is 1. The fourth-order valence-electron chi connectivity index (χ4n) is 1.42. The molecule has 0 aromatic heterocycles. The van der Waals surface area contributed by atoms with Gasteiger partial charge >= 0.3 is 12.1 Å². The van der Waals surface area contributed by atoms with Crippen LogP contribution in [0, 0.1) is 0 Å². The second kappa shape index (κ2) is 5.73. The zero-order chi connectivity index (χ0) is 14.8. The zero-order valence-corrected chi connectivity index (χ0v) is 11.2. The molecule has 19 heavy (non-hydrogen) atoms. The summed E-state index contributed by atoms with van der Waals surface area (Å²) in [7, 11) is 0. The molecule has 3 nitrogen and oxygen atoms in total. The normalized spacial score (nSPS) is 13.3. The number of carboxylic acid groups (broad SMARTS) is 1. The van der Waals surface area contributed by atoms with Crippen LogP contribution in [0.1, 0.15) is 36.2 Å². The summed E-state index contributed by atoms with van der Waals surface area (Å²) in [5, 5.41) is 9.00. The molecule has 1 atom stereocenters. The van der Waals surface area contributed by atoms with Gasteiger partial charge < -0.3 is 10.8 Å². The first-order valence-electron chi connectivity index (χ1n) is 5.57. The molecule has 1 unspecified atom stereocenters. The third-order valence-electron chi connectivity index (χ3n) is 2.60. The van der Waals surface area contributed by atoms with Crippen molar-refractivity contribution in [2.75, 3.05) is 5.73 Å². The second-order valence-corrected chi connectivity index (χ2v) is 5.58.